The Morgan fingerprint density at radius 1 is 1.07 bits per heavy atom. The van der Waals surface area contributed by atoms with Crippen molar-refractivity contribution in [3.8, 4) is 5.75 Å². The third-order valence-corrected chi connectivity index (χ3v) is 6.38. The van der Waals surface area contributed by atoms with E-state index in [1.165, 1.54) is 17.5 Å². The first-order chi connectivity index (χ1) is 13.6. The average molecular weight is 379 g/mol. The average Bonchev–Trinajstić information content (AvgIpc) is 3.25. The fraction of sp³-hybridized carbons (Fsp3) is 0.458. The molecule has 0 radical (unpaired) electrons. The normalized spacial score (nSPS) is 24.4. The van der Waals surface area contributed by atoms with Crippen molar-refractivity contribution in [1.82, 2.24) is 9.80 Å². The van der Waals surface area contributed by atoms with Crippen LogP contribution in [-0.4, -0.2) is 49.0 Å². The molecule has 0 aliphatic carbocycles. The van der Waals surface area contributed by atoms with Crippen LogP contribution in [0.4, 0.5) is 0 Å². The van der Waals surface area contributed by atoms with Crippen LogP contribution in [0.1, 0.15) is 40.9 Å². The summed E-state index contributed by atoms with van der Waals surface area (Å²) in [6, 6.07) is 16.2. The number of carbonyl (C=O) groups excluding carboxylic acids is 1. The zero-order chi connectivity index (χ0) is 19.7. The highest BCUT2D eigenvalue weighted by molar-refractivity contribution is 5.97. The summed E-state index contributed by atoms with van der Waals surface area (Å²) in [5.74, 6) is 1.77. The summed E-state index contributed by atoms with van der Waals surface area (Å²) in [6.07, 6.45) is 1.18. The lowest BCUT2D eigenvalue weighted by molar-refractivity contribution is 0.0697. The van der Waals surface area contributed by atoms with Crippen LogP contribution in [0.3, 0.4) is 0 Å². The highest BCUT2D eigenvalue weighted by Gasteiger charge is 2.49. The molecule has 0 unspecified atom stereocenters. The molecule has 0 bridgehead atoms. The summed E-state index contributed by atoms with van der Waals surface area (Å²) < 4.78 is 5.48. The Kier molecular flexibility index (Phi) is 5.40. The van der Waals surface area contributed by atoms with E-state index in [4.69, 9.17) is 4.74 Å². The van der Waals surface area contributed by atoms with E-state index in [-0.39, 0.29) is 11.9 Å². The number of benzene rings is 2. The van der Waals surface area contributed by atoms with E-state index < -0.39 is 0 Å². The Morgan fingerprint density at radius 2 is 1.82 bits per heavy atom. The van der Waals surface area contributed by atoms with Gasteiger partial charge in [-0.1, -0.05) is 43.3 Å². The van der Waals surface area contributed by atoms with E-state index in [1.54, 1.807) is 7.11 Å². The fourth-order valence-corrected chi connectivity index (χ4v) is 5.14. The SMILES string of the molecule is CCCN1C[C@H]2CN(C(=O)c3ccccc3OC)[C@H](c3ccccc3C)[C@H]2C1. The van der Waals surface area contributed by atoms with E-state index in [9.17, 15) is 4.79 Å². The molecule has 4 nitrogen and oxygen atoms in total. The molecule has 0 aromatic heterocycles. The molecule has 2 heterocycles. The maximum Gasteiger partial charge on any atom is 0.258 e. The van der Waals surface area contributed by atoms with E-state index in [2.05, 4.69) is 47.9 Å². The van der Waals surface area contributed by atoms with Gasteiger partial charge in [-0.15, -0.1) is 0 Å². The molecule has 28 heavy (non-hydrogen) atoms. The molecule has 4 heteroatoms. The van der Waals surface area contributed by atoms with Gasteiger partial charge in [-0.25, -0.2) is 0 Å². The van der Waals surface area contributed by atoms with E-state index in [0.717, 1.165) is 26.2 Å². The summed E-state index contributed by atoms with van der Waals surface area (Å²) in [7, 11) is 1.63. The first-order valence-corrected chi connectivity index (χ1v) is 10.4. The van der Waals surface area contributed by atoms with Crippen molar-refractivity contribution in [2.45, 2.75) is 26.3 Å². The molecule has 0 saturated carbocycles. The zero-order valence-electron chi connectivity index (χ0n) is 17.1. The number of hydrogen-bond acceptors (Lipinski definition) is 3. The molecule has 2 fully saturated rings. The lowest BCUT2D eigenvalue weighted by Crippen LogP contribution is -2.36. The Balaban J connectivity index is 1.70. The molecular weight excluding hydrogens is 348 g/mol. The molecular formula is C24H30N2O2. The number of carbonyl (C=O) groups is 1. The number of likely N-dealkylation sites (tertiary alicyclic amines) is 2. The fourth-order valence-electron chi connectivity index (χ4n) is 5.14. The Morgan fingerprint density at radius 3 is 2.57 bits per heavy atom. The third kappa shape index (κ3) is 3.30. The molecule has 0 spiro atoms. The Bertz CT molecular complexity index is 850. The topological polar surface area (TPSA) is 32.8 Å². The molecule has 2 aromatic carbocycles. The van der Waals surface area contributed by atoms with Crippen molar-refractivity contribution in [3.63, 3.8) is 0 Å². The molecule has 3 atom stereocenters. The van der Waals surface area contributed by atoms with E-state index >= 15 is 0 Å². The molecule has 148 valence electrons. The second kappa shape index (κ2) is 7.96. The summed E-state index contributed by atoms with van der Waals surface area (Å²) in [5.41, 5.74) is 3.21. The van der Waals surface area contributed by atoms with Gasteiger partial charge in [0.15, 0.2) is 0 Å². The molecule has 2 aliphatic rings. The standard InChI is InChI=1S/C24H30N2O2/c1-4-13-25-14-18-15-26(24(27)20-11-7-8-12-22(20)28-3)23(21(18)16-25)19-10-6-5-9-17(19)2/h5-12,18,21,23H,4,13-16H2,1-3H3/t18-,21-,23+/m0/s1. The number of aryl methyl sites for hydroxylation is 1. The number of ether oxygens (including phenoxy) is 1. The van der Waals surface area contributed by atoms with Gasteiger partial charge in [-0.05, 0) is 49.1 Å². The van der Waals surface area contributed by atoms with Crippen molar-refractivity contribution in [3.05, 3.63) is 65.2 Å². The largest absolute Gasteiger partial charge is 0.496 e. The maximum atomic E-state index is 13.6. The number of para-hydroxylation sites is 1. The molecule has 0 N–H and O–H groups in total. The monoisotopic (exact) mass is 378 g/mol. The van der Waals surface area contributed by atoms with Gasteiger partial charge in [0.2, 0.25) is 0 Å². The van der Waals surface area contributed by atoms with Gasteiger partial charge < -0.3 is 14.5 Å². The smallest absolute Gasteiger partial charge is 0.258 e. The van der Waals surface area contributed by atoms with Crippen LogP contribution in [-0.2, 0) is 0 Å². The molecule has 4 rings (SSSR count). The second-order valence-electron chi connectivity index (χ2n) is 8.14. The highest BCUT2D eigenvalue weighted by Crippen LogP contribution is 2.46. The molecule has 2 saturated heterocycles. The predicted octanol–water partition coefficient (Wildman–Crippen LogP) is 4.16. The van der Waals surface area contributed by atoms with E-state index in [0.29, 0.717) is 23.1 Å². The van der Waals surface area contributed by atoms with Crippen LogP contribution >= 0.6 is 0 Å². The van der Waals surface area contributed by atoms with Gasteiger partial charge in [0, 0.05) is 25.6 Å². The minimum atomic E-state index is 0.0853. The minimum absolute atomic E-state index is 0.0853. The maximum absolute atomic E-state index is 13.6. The first kappa shape index (κ1) is 19.0. The first-order valence-electron chi connectivity index (χ1n) is 10.4. The Hall–Kier alpha value is -2.33. The number of fused-ring (bicyclic) bond motifs is 1. The van der Waals surface area contributed by atoms with Crippen LogP contribution in [0.15, 0.2) is 48.5 Å². The van der Waals surface area contributed by atoms with Gasteiger partial charge in [0.25, 0.3) is 5.91 Å². The summed E-state index contributed by atoms with van der Waals surface area (Å²) in [6.45, 7) is 8.54. The number of rotatable bonds is 5. The zero-order valence-corrected chi connectivity index (χ0v) is 17.1. The summed E-state index contributed by atoms with van der Waals surface area (Å²) in [4.78, 5) is 18.3. The van der Waals surface area contributed by atoms with Gasteiger partial charge in [0.05, 0.1) is 18.7 Å². The van der Waals surface area contributed by atoms with Crippen molar-refractivity contribution in [1.29, 1.82) is 0 Å². The highest BCUT2D eigenvalue weighted by atomic mass is 16.5. The number of nitrogens with zero attached hydrogens (tertiary/aromatic N) is 2. The number of amides is 1. The van der Waals surface area contributed by atoms with Crippen molar-refractivity contribution in [2.24, 2.45) is 11.8 Å². The van der Waals surface area contributed by atoms with Gasteiger partial charge in [-0.2, -0.15) is 0 Å². The summed E-state index contributed by atoms with van der Waals surface area (Å²) >= 11 is 0. The lowest BCUT2D eigenvalue weighted by atomic mass is 9.87. The van der Waals surface area contributed by atoms with Crippen molar-refractivity contribution >= 4 is 5.91 Å². The summed E-state index contributed by atoms with van der Waals surface area (Å²) in [5, 5.41) is 0. The van der Waals surface area contributed by atoms with Crippen LogP contribution in [0.5, 0.6) is 5.75 Å². The second-order valence-corrected chi connectivity index (χ2v) is 8.14. The van der Waals surface area contributed by atoms with Crippen LogP contribution in [0, 0.1) is 18.8 Å². The van der Waals surface area contributed by atoms with E-state index in [1.807, 2.05) is 24.3 Å². The minimum Gasteiger partial charge on any atom is -0.496 e. The van der Waals surface area contributed by atoms with Crippen LogP contribution < -0.4 is 4.74 Å². The third-order valence-electron chi connectivity index (χ3n) is 6.38. The van der Waals surface area contributed by atoms with Gasteiger partial charge >= 0.3 is 0 Å². The van der Waals surface area contributed by atoms with Gasteiger partial charge in [0.1, 0.15) is 5.75 Å². The molecule has 2 aromatic rings. The Labute approximate surface area is 168 Å². The van der Waals surface area contributed by atoms with Crippen LogP contribution in [0.2, 0.25) is 0 Å². The molecule has 1 amide bonds. The quantitative estimate of drug-likeness (QED) is 0.783. The lowest BCUT2D eigenvalue weighted by Gasteiger charge is -2.31. The van der Waals surface area contributed by atoms with Gasteiger partial charge in [-0.3, -0.25) is 4.79 Å². The number of methoxy groups -OCH3 is 1. The van der Waals surface area contributed by atoms with Crippen molar-refractivity contribution in [2.75, 3.05) is 33.3 Å². The van der Waals surface area contributed by atoms with Crippen molar-refractivity contribution < 1.29 is 9.53 Å². The van der Waals surface area contributed by atoms with Crippen LogP contribution in [0.25, 0.3) is 0 Å². The predicted molar refractivity (Wildman–Crippen MR) is 112 cm³/mol. The number of hydrogen-bond donors (Lipinski definition) is 0. The molecule has 2 aliphatic heterocycles.